The first kappa shape index (κ1) is 14.6. The zero-order valence-electron chi connectivity index (χ0n) is 11.0. The second-order valence-corrected chi connectivity index (χ2v) is 4.58. The molecule has 0 aromatic heterocycles. The lowest BCUT2D eigenvalue weighted by atomic mass is 10.2. The van der Waals surface area contributed by atoms with E-state index in [9.17, 15) is 4.79 Å². The van der Waals surface area contributed by atoms with E-state index in [1.807, 2.05) is 54.6 Å². The molecule has 104 valence electrons. The minimum atomic E-state index is -0.220. The fourth-order valence-electron chi connectivity index (χ4n) is 1.80. The highest BCUT2D eigenvalue weighted by Gasteiger charge is 2.05. The van der Waals surface area contributed by atoms with Crippen LogP contribution in [0.1, 0.15) is 11.1 Å². The van der Waals surface area contributed by atoms with Gasteiger partial charge in [0.2, 0.25) is 5.91 Å². The summed E-state index contributed by atoms with van der Waals surface area (Å²) in [5.74, 6) is -0.277. The Bertz CT molecular complexity index is 557. The first-order valence-electron chi connectivity index (χ1n) is 6.35. The van der Waals surface area contributed by atoms with Gasteiger partial charge in [-0.3, -0.25) is 4.79 Å². The Kier molecular flexibility index (Phi) is 5.59. The summed E-state index contributed by atoms with van der Waals surface area (Å²) in [5.41, 5.74) is 2.79. The summed E-state index contributed by atoms with van der Waals surface area (Å²) in [7, 11) is 0. The summed E-state index contributed by atoms with van der Waals surface area (Å²) in [6.07, 6.45) is 0. The van der Waals surface area contributed by atoms with Crippen molar-refractivity contribution in [2.75, 3.05) is 11.2 Å². The number of anilines is 1. The smallest absolute Gasteiger partial charge is 0.239 e. The largest absolute Gasteiger partial charge is 0.372 e. The predicted molar refractivity (Wildman–Crippen MR) is 80.7 cm³/mol. The van der Waals surface area contributed by atoms with Gasteiger partial charge in [0.1, 0.15) is 5.88 Å². The molecule has 0 heterocycles. The van der Waals surface area contributed by atoms with Gasteiger partial charge >= 0.3 is 0 Å². The summed E-state index contributed by atoms with van der Waals surface area (Å²) in [6.45, 7) is 0.978. The average molecular weight is 290 g/mol. The molecule has 2 aromatic rings. The normalized spacial score (nSPS) is 10.2. The monoisotopic (exact) mass is 289 g/mol. The van der Waals surface area contributed by atoms with Crippen molar-refractivity contribution in [1.29, 1.82) is 0 Å². The number of amides is 1. The maximum Gasteiger partial charge on any atom is 0.239 e. The van der Waals surface area contributed by atoms with Crippen molar-refractivity contribution in [2.24, 2.45) is 0 Å². The molecule has 0 aliphatic carbocycles. The molecule has 0 saturated carbocycles. The standard InChI is InChI=1S/C16H16ClNO2/c17-10-16(19)18-15-9-5-4-8-14(15)12-20-11-13-6-2-1-3-7-13/h1-9H,10-12H2,(H,18,19). The predicted octanol–water partition coefficient (Wildman–Crippen LogP) is 3.58. The van der Waals surface area contributed by atoms with Gasteiger partial charge in [-0.1, -0.05) is 48.5 Å². The Morgan fingerprint density at radius 1 is 1.00 bits per heavy atom. The van der Waals surface area contributed by atoms with E-state index in [1.54, 1.807) is 0 Å². The quantitative estimate of drug-likeness (QED) is 0.826. The molecule has 0 spiro atoms. The lowest BCUT2D eigenvalue weighted by molar-refractivity contribution is -0.113. The lowest BCUT2D eigenvalue weighted by Gasteiger charge is -2.10. The number of rotatable bonds is 6. The van der Waals surface area contributed by atoms with E-state index in [0.29, 0.717) is 13.2 Å². The number of carbonyl (C=O) groups is 1. The Balaban J connectivity index is 1.94. The van der Waals surface area contributed by atoms with Crippen molar-refractivity contribution < 1.29 is 9.53 Å². The zero-order valence-corrected chi connectivity index (χ0v) is 11.8. The Morgan fingerprint density at radius 3 is 2.45 bits per heavy atom. The van der Waals surface area contributed by atoms with Crippen molar-refractivity contribution in [2.45, 2.75) is 13.2 Å². The van der Waals surface area contributed by atoms with Gasteiger partial charge in [0.15, 0.2) is 0 Å². The van der Waals surface area contributed by atoms with Crippen LogP contribution in [0.25, 0.3) is 0 Å². The van der Waals surface area contributed by atoms with Gasteiger partial charge in [0.05, 0.1) is 13.2 Å². The third-order valence-corrected chi connectivity index (χ3v) is 3.02. The van der Waals surface area contributed by atoms with Crippen LogP contribution in [0.15, 0.2) is 54.6 Å². The number of halogens is 1. The maximum absolute atomic E-state index is 11.3. The SMILES string of the molecule is O=C(CCl)Nc1ccccc1COCc1ccccc1. The number of hydrogen-bond donors (Lipinski definition) is 1. The van der Waals surface area contributed by atoms with Crippen LogP contribution in [0.4, 0.5) is 5.69 Å². The van der Waals surface area contributed by atoms with E-state index in [2.05, 4.69) is 5.32 Å². The molecular formula is C16H16ClNO2. The summed E-state index contributed by atoms with van der Waals surface area (Å²) >= 11 is 5.50. The summed E-state index contributed by atoms with van der Waals surface area (Å²) in [5, 5.41) is 2.76. The van der Waals surface area contributed by atoms with Gasteiger partial charge in [0, 0.05) is 11.3 Å². The second-order valence-electron chi connectivity index (χ2n) is 4.32. The number of alkyl halides is 1. The van der Waals surface area contributed by atoms with Crippen LogP contribution in [0, 0.1) is 0 Å². The number of para-hydroxylation sites is 1. The minimum Gasteiger partial charge on any atom is -0.372 e. The van der Waals surface area contributed by atoms with Crippen LogP contribution in [0.2, 0.25) is 0 Å². The number of hydrogen-bond acceptors (Lipinski definition) is 2. The van der Waals surface area contributed by atoms with Crippen LogP contribution >= 0.6 is 11.6 Å². The summed E-state index contributed by atoms with van der Waals surface area (Å²) in [6, 6.07) is 17.5. The molecule has 2 aromatic carbocycles. The van der Waals surface area contributed by atoms with Gasteiger partial charge < -0.3 is 10.1 Å². The lowest BCUT2D eigenvalue weighted by Crippen LogP contribution is -2.14. The van der Waals surface area contributed by atoms with Crippen molar-refractivity contribution >= 4 is 23.2 Å². The van der Waals surface area contributed by atoms with Crippen LogP contribution in [-0.2, 0) is 22.7 Å². The maximum atomic E-state index is 11.3. The summed E-state index contributed by atoms with van der Waals surface area (Å²) in [4.78, 5) is 11.3. The van der Waals surface area contributed by atoms with E-state index in [0.717, 1.165) is 16.8 Å². The Labute approximate surface area is 123 Å². The Morgan fingerprint density at radius 2 is 1.70 bits per heavy atom. The fraction of sp³-hybridized carbons (Fsp3) is 0.188. The number of nitrogens with one attached hydrogen (secondary N) is 1. The first-order chi connectivity index (χ1) is 9.79. The van der Waals surface area contributed by atoms with Crippen molar-refractivity contribution in [1.82, 2.24) is 0 Å². The van der Waals surface area contributed by atoms with E-state index < -0.39 is 0 Å². The molecule has 0 fully saturated rings. The molecule has 3 nitrogen and oxygen atoms in total. The zero-order chi connectivity index (χ0) is 14.2. The van der Waals surface area contributed by atoms with Gasteiger partial charge in [-0.2, -0.15) is 0 Å². The molecule has 20 heavy (non-hydrogen) atoms. The van der Waals surface area contributed by atoms with E-state index in [4.69, 9.17) is 16.3 Å². The third kappa shape index (κ3) is 4.37. The van der Waals surface area contributed by atoms with Gasteiger partial charge in [0.25, 0.3) is 0 Å². The molecule has 1 N–H and O–H groups in total. The summed E-state index contributed by atoms with van der Waals surface area (Å²) < 4.78 is 5.68. The topological polar surface area (TPSA) is 38.3 Å². The molecule has 0 aliphatic heterocycles. The molecule has 2 rings (SSSR count). The van der Waals surface area contributed by atoms with Crippen LogP contribution in [0.3, 0.4) is 0 Å². The second kappa shape index (κ2) is 7.68. The van der Waals surface area contributed by atoms with Crippen LogP contribution < -0.4 is 5.32 Å². The highest BCUT2D eigenvalue weighted by atomic mass is 35.5. The molecule has 0 bridgehead atoms. The van der Waals surface area contributed by atoms with Crippen molar-refractivity contribution in [3.8, 4) is 0 Å². The number of benzene rings is 2. The molecular weight excluding hydrogens is 274 g/mol. The molecule has 0 saturated heterocycles. The molecule has 0 radical (unpaired) electrons. The van der Waals surface area contributed by atoms with Gasteiger partial charge in [-0.25, -0.2) is 0 Å². The Hall–Kier alpha value is -1.84. The number of carbonyl (C=O) groups excluding carboxylic acids is 1. The third-order valence-electron chi connectivity index (χ3n) is 2.78. The highest BCUT2D eigenvalue weighted by molar-refractivity contribution is 6.29. The first-order valence-corrected chi connectivity index (χ1v) is 6.88. The van der Waals surface area contributed by atoms with Crippen molar-refractivity contribution in [3.63, 3.8) is 0 Å². The fourth-order valence-corrected chi connectivity index (χ4v) is 1.87. The van der Waals surface area contributed by atoms with Gasteiger partial charge in [-0.15, -0.1) is 11.6 Å². The molecule has 4 heteroatoms. The number of ether oxygens (including phenoxy) is 1. The van der Waals surface area contributed by atoms with E-state index in [1.165, 1.54) is 0 Å². The molecule has 0 atom stereocenters. The van der Waals surface area contributed by atoms with Crippen LogP contribution in [-0.4, -0.2) is 11.8 Å². The van der Waals surface area contributed by atoms with E-state index in [-0.39, 0.29) is 11.8 Å². The van der Waals surface area contributed by atoms with Gasteiger partial charge in [-0.05, 0) is 11.6 Å². The highest BCUT2D eigenvalue weighted by Crippen LogP contribution is 2.17. The molecule has 0 aliphatic rings. The average Bonchev–Trinajstić information content (AvgIpc) is 2.50. The van der Waals surface area contributed by atoms with Crippen molar-refractivity contribution in [3.05, 3.63) is 65.7 Å². The van der Waals surface area contributed by atoms with Crippen LogP contribution in [0.5, 0.6) is 0 Å². The molecule has 0 unspecified atom stereocenters. The van der Waals surface area contributed by atoms with E-state index >= 15 is 0 Å². The minimum absolute atomic E-state index is 0.0563. The molecule has 1 amide bonds.